The lowest BCUT2D eigenvalue weighted by Crippen LogP contribution is -2.40. The predicted octanol–water partition coefficient (Wildman–Crippen LogP) is 4.58. The number of hydrogen-bond donors (Lipinski definition) is 0. The summed E-state index contributed by atoms with van der Waals surface area (Å²) in [5, 5.41) is 12.1. The molecule has 0 bridgehead atoms. The Hall–Kier alpha value is -4.46. The molecule has 3 atom stereocenters. The largest absolute Gasteiger partial charge is 0.454 e. The second kappa shape index (κ2) is 8.64. The van der Waals surface area contributed by atoms with E-state index in [2.05, 4.69) is 10.2 Å². The first-order valence-corrected chi connectivity index (χ1v) is 11.8. The number of hydrogen-bond acceptors (Lipinski definition) is 6. The molecular formula is C28H24N4O4. The third-order valence-electron chi connectivity index (χ3n) is 6.87. The molecule has 3 aliphatic rings. The molecule has 8 nitrogen and oxygen atoms in total. The Morgan fingerprint density at radius 1 is 0.722 bits per heavy atom. The van der Waals surface area contributed by atoms with Gasteiger partial charge in [0.1, 0.15) is 0 Å². The van der Waals surface area contributed by atoms with Crippen LogP contribution in [0.2, 0.25) is 0 Å². The van der Waals surface area contributed by atoms with Crippen LogP contribution in [-0.4, -0.2) is 30.0 Å². The molecule has 0 saturated carbocycles. The molecule has 0 radical (unpaired) electrons. The smallest absolute Gasteiger partial charge is 0.256 e. The van der Waals surface area contributed by atoms with E-state index in [1.807, 2.05) is 92.7 Å². The van der Waals surface area contributed by atoms with Crippen molar-refractivity contribution < 1.29 is 19.1 Å². The highest BCUT2D eigenvalue weighted by molar-refractivity contribution is 6.19. The van der Waals surface area contributed by atoms with Crippen LogP contribution in [-0.2, 0) is 9.59 Å². The Kier molecular flexibility index (Phi) is 5.29. The van der Waals surface area contributed by atoms with Crippen LogP contribution in [0.3, 0.4) is 0 Å². The number of rotatable bonds is 5. The van der Waals surface area contributed by atoms with E-state index in [4.69, 9.17) is 9.47 Å². The first kappa shape index (κ1) is 22.0. The van der Waals surface area contributed by atoms with Gasteiger partial charge in [-0.25, -0.2) is 10.0 Å². The molecule has 8 heteroatoms. The summed E-state index contributed by atoms with van der Waals surface area (Å²) >= 11 is 0. The SMILES string of the molecule is CC1=NN(c2ccccc2)C(=O)[C@H]1C(c1ccc2c(c1)OCO2)[C@H]1C(=O)N(c2ccccc2)N=C1C. The Morgan fingerprint density at radius 2 is 1.22 bits per heavy atom. The molecule has 0 aliphatic carbocycles. The number of nitrogens with zero attached hydrogens (tertiary/aromatic N) is 4. The molecule has 36 heavy (non-hydrogen) atoms. The third kappa shape index (κ3) is 3.53. The van der Waals surface area contributed by atoms with Crippen molar-refractivity contribution in [2.75, 3.05) is 16.8 Å². The highest BCUT2D eigenvalue weighted by Gasteiger charge is 2.50. The summed E-state index contributed by atoms with van der Waals surface area (Å²) in [4.78, 5) is 27.8. The summed E-state index contributed by atoms with van der Waals surface area (Å²) in [6.45, 7) is 3.82. The Labute approximate surface area is 208 Å². The summed E-state index contributed by atoms with van der Waals surface area (Å²) < 4.78 is 11.1. The van der Waals surface area contributed by atoms with E-state index in [-0.39, 0.29) is 18.6 Å². The molecule has 3 aromatic carbocycles. The Bertz CT molecular complexity index is 1320. The van der Waals surface area contributed by atoms with E-state index in [1.54, 1.807) is 0 Å². The normalized spacial score (nSPS) is 21.6. The van der Waals surface area contributed by atoms with Crippen LogP contribution in [0.5, 0.6) is 11.5 Å². The van der Waals surface area contributed by atoms with Gasteiger partial charge in [-0.05, 0) is 55.8 Å². The molecule has 0 aromatic heterocycles. The number of hydrazone groups is 2. The summed E-state index contributed by atoms with van der Waals surface area (Å²) in [7, 11) is 0. The van der Waals surface area contributed by atoms with E-state index in [1.165, 1.54) is 10.0 Å². The van der Waals surface area contributed by atoms with Crippen molar-refractivity contribution in [3.8, 4) is 11.5 Å². The maximum Gasteiger partial charge on any atom is 0.256 e. The standard InChI is InChI=1S/C28H24N4O4/c1-17-24(27(33)31(29-17)20-9-5-3-6-10-20)26(19-13-14-22-23(15-19)36-16-35-22)25-18(2)30-32(28(25)34)21-11-7-4-8-12-21/h3-15,24-26H,16H2,1-2H3/t24-,25+,26?. The second-order valence-electron chi connectivity index (χ2n) is 9.05. The number of amides is 2. The van der Waals surface area contributed by atoms with E-state index in [9.17, 15) is 9.59 Å². The van der Waals surface area contributed by atoms with Gasteiger partial charge in [0.2, 0.25) is 6.79 Å². The van der Waals surface area contributed by atoms with Gasteiger partial charge >= 0.3 is 0 Å². The van der Waals surface area contributed by atoms with Crippen LogP contribution in [0.1, 0.15) is 25.3 Å². The minimum Gasteiger partial charge on any atom is -0.454 e. The zero-order valence-electron chi connectivity index (χ0n) is 19.9. The summed E-state index contributed by atoms with van der Waals surface area (Å²) in [6.07, 6.45) is 0. The fraction of sp³-hybridized carbons (Fsp3) is 0.214. The number of para-hydroxylation sites is 2. The van der Waals surface area contributed by atoms with Gasteiger partial charge in [-0.2, -0.15) is 10.2 Å². The number of anilines is 2. The monoisotopic (exact) mass is 480 g/mol. The lowest BCUT2D eigenvalue weighted by Gasteiger charge is -2.28. The van der Waals surface area contributed by atoms with Crippen LogP contribution in [0, 0.1) is 11.8 Å². The van der Waals surface area contributed by atoms with Crippen LogP contribution in [0.4, 0.5) is 11.4 Å². The molecule has 6 rings (SSSR count). The van der Waals surface area contributed by atoms with Gasteiger partial charge in [0.25, 0.3) is 11.8 Å². The fourth-order valence-electron chi connectivity index (χ4n) is 5.19. The van der Waals surface area contributed by atoms with Crippen LogP contribution in [0.15, 0.2) is 89.1 Å². The first-order chi connectivity index (χ1) is 17.5. The summed E-state index contributed by atoms with van der Waals surface area (Å²) in [5.41, 5.74) is 3.45. The van der Waals surface area contributed by atoms with Crippen molar-refractivity contribution in [1.29, 1.82) is 0 Å². The Morgan fingerprint density at radius 3 is 1.75 bits per heavy atom. The molecule has 3 heterocycles. The third-order valence-corrected chi connectivity index (χ3v) is 6.87. The van der Waals surface area contributed by atoms with Crippen molar-refractivity contribution in [2.24, 2.45) is 22.0 Å². The highest BCUT2D eigenvalue weighted by Crippen LogP contribution is 2.45. The fourth-order valence-corrected chi connectivity index (χ4v) is 5.19. The highest BCUT2D eigenvalue weighted by atomic mass is 16.7. The van der Waals surface area contributed by atoms with E-state index < -0.39 is 17.8 Å². The van der Waals surface area contributed by atoms with Crippen molar-refractivity contribution in [3.05, 3.63) is 84.4 Å². The average molecular weight is 481 g/mol. The minimum atomic E-state index is -0.652. The lowest BCUT2D eigenvalue weighted by atomic mass is 9.73. The molecule has 0 fully saturated rings. The number of ether oxygens (including phenoxy) is 2. The molecule has 0 saturated heterocycles. The van der Waals surface area contributed by atoms with Crippen molar-refractivity contribution >= 4 is 34.6 Å². The first-order valence-electron chi connectivity index (χ1n) is 11.8. The van der Waals surface area contributed by atoms with Crippen molar-refractivity contribution in [3.63, 3.8) is 0 Å². The Balaban J connectivity index is 1.44. The number of fused-ring (bicyclic) bond motifs is 1. The van der Waals surface area contributed by atoms with Gasteiger partial charge < -0.3 is 9.47 Å². The van der Waals surface area contributed by atoms with Crippen molar-refractivity contribution in [1.82, 2.24) is 0 Å². The van der Waals surface area contributed by atoms with Gasteiger partial charge in [-0.3, -0.25) is 9.59 Å². The van der Waals surface area contributed by atoms with Gasteiger partial charge in [-0.15, -0.1) is 0 Å². The molecule has 3 aromatic rings. The van der Waals surface area contributed by atoms with Crippen LogP contribution < -0.4 is 19.5 Å². The topological polar surface area (TPSA) is 83.8 Å². The summed E-state index contributed by atoms with van der Waals surface area (Å²) in [6, 6.07) is 24.2. The van der Waals surface area contributed by atoms with E-state index >= 15 is 0 Å². The van der Waals surface area contributed by atoms with E-state index in [0.717, 1.165) is 5.56 Å². The van der Waals surface area contributed by atoms with Gasteiger partial charge in [0, 0.05) is 17.3 Å². The van der Waals surface area contributed by atoms with Crippen LogP contribution >= 0.6 is 0 Å². The molecule has 0 spiro atoms. The van der Waals surface area contributed by atoms with E-state index in [0.29, 0.717) is 34.3 Å². The van der Waals surface area contributed by atoms with Gasteiger partial charge in [-0.1, -0.05) is 42.5 Å². The molecule has 180 valence electrons. The summed E-state index contributed by atoms with van der Waals surface area (Å²) in [5.74, 6) is -0.964. The second-order valence-corrected chi connectivity index (χ2v) is 9.05. The molecule has 0 N–H and O–H groups in total. The molecule has 3 aliphatic heterocycles. The minimum absolute atomic E-state index is 0.138. The number of benzene rings is 3. The maximum atomic E-state index is 13.9. The predicted molar refractivity (Wildman–Crippen MR) is 136 cm³/mol. The number of carbonyl (C=O) groups excluding carboxylic acids is 2. The molecule has 1 unspecified atom stereocenters. The molecular weight excluding hydrogens is 456 g/mol. The lowest BCUT2D eigenvalue weighted by molar-refractivity contribution is -0.122. The zero-order chi connectivity index (χ0) is 24.8. The zero-order valence-corrected chi connectivity index (χ0v) is 19.9. The quantitative estimate of drug-likeness (QED) is 0.535. The number of carbonyl (C=O) groups is 2. The van der Waals surface area contributed by atoms with Gasteiger partial charge in [0.05, 0.1) is 23.2 Å². The molecule has 2 amide bonds. The van der Waals surface area contributed by atoms with Crippen LogP contribution in [0.25, 0.3) is 0 Å². The maximum absolute atomic E-state index is 13.9. The van der Waals surface area contributed by atoms with Crippen molar-refractivity contribution in [2.45, 2.75) is 19.8 Å². The van der Waals surface area contributed by atoms with Gasteiger partial charge in [0.15, 0.2) is 11.5 Å². The average Bonchev–Trinajstić information content (AvgIpc) is 3.57.